The van der Waals surface area contributed by atoms with Crippen LogP contribution in [0.3, 0.4) is 0 Å². The number of piperazine rings is 1. The fourth-order valence-corrected chi connectivity index (χ4v) is 2.62. The first-order chi connectivity index (χ1) is 12.2. The van der Waals surface area contributed by atoms with E-state index in [1.807, 2.05) is 18.7 Å². The third kappa shape index (κ3) is 5.45. The van der Waals surface area contributed by atoms with Gasteiger partial charge in [-0.3, -0.25) is 4.79 Å². The third-order valence-electron chi connectivity index (χ3n) is 4.07. The van der Waals surface area contributed by atoms with Crippen molar-refractivity contribution in [3.05, 3.63) is 35.4 Å². The number of benzene rings is 1. The molecule has 1 aliphatic heterocycles. The lowest BCUT2D eigenvalue weighted by Crippen LogP contribution is -2.49. The summed E-state index contributed by atoms with van der Waals surface area (Å²) in [5.41, 5.74) is -0.988. The van der Waals surface area contributed by atoms with Gasteiger partial charge in [-0.1, -0.05) is 13.0 Å². The molecule has 0 atom stereocenters. The summed E-state index contributed by atoms with van der Waals surface area (Å²) >= 11 is 0. The Hall–Kier alpha value is -2.09. The van der Waals surface area contributed by atoms with Crippen molar-refractivity contribution in [1.82, 2.24) is 9.80 Å². The number of alkyl halides is 3. The number of amides is 1. The summed E-state index contributed by atoms with van der Waals surface area (Å²) < 4.78 is 44.2. The zero-order chi connectivity index (χ0) is 19.3. The van der Waals surface area contributed by atoms with Gasteiger partial charge in [0.2, 0.25) is 0 Å². The van der Waals surface area contributed by atoms with Crippen LogP contribution in [0.1, 0.15) is 36.7 Å². The van der Waals surface area contributed by atoms with Gasteiger partial charge in [0.25, 0.3) is 11.9 Å². The molecule has 0 unspecified atom stereocenters. The minimum absolute atomic E-state index is 0.114. The molecule has 0 radical (unpaired) electrons. The lowest BCUT2D eigenvalue weighted by atomic mass is 10.1. The molecule has 26 heavy (non-hydrogen) atoms. The Bertz CT molecular complexity index is 651. The minimum Gasteiger partial charge on any atom is -0.462 e. The SMILES string of the molecule is CCN1CCN(C(=NC(=O)c2cccc(C(F)(F)F)c2)OC(C)C)CC1. The molecule has 1 aromatic carbocycles. The molecule has 5 nitrogen and oxygen atoms in total. The Balaban J connectivity index is 2.22. The van der Waals surface area contributed by atoms with Gasteiger partial charge in [-0.05, 0) is 38.6 Å². The van der Waals surface area contributed by atoms with Crippen molar-refractivity contribution in [2.45, 2.75) is 33.1 Å². The zero-order valence-corrected chi connectivity index (χ0v) is 15.2. The van der Waals surface area contributed by atoms with Crippen molar-refractivity contribution >= 4 is 11.9 Å². The molecule has 1 amide bonds. The summed E-state index contributed by atoms with van der Waals surface area (Å²) in [6.45, 7) is 9.56. The highest BCUT2D eigenvalue weighted by atomic mass is 19.4. The molecule has 0 N–H and O–H groups in total. The summed E-state index contributed by atoms with van der Waals surface area (Å²) in [6, 6.07) is 4.43. The molecule has 144 valence electrons. The molecule has 1 heterocycles. The molecule has 0 aromatic heterocycles. The fourth-order valence-electron chi connectivity index (χ4n) is 2.62. The van der Waals surface area contributed by atoms with Crippen LogP contribution in [0.5, 0.6) is 0 Å². The van der Waals surface area contributed by atoms with E-state index < -0.39 is 17.6 Å². The van der Waals surface area contributed by atoms with Crippen LogP contribution in [0.25, 0.3) is 0 Å². The van der Waals surface area contributed by atoms with Crippen LogP contribution in [0.2, 0.25) is 0 Å². The minimum atomic E-state index is -4.51. The summed E-state index contributed by atoms with van der Waals surface area (Å²) in [7, 11) is 0. The Kier molecular flexibility index (Phi) is 6.63. The number of rotatable bonds is 3. The van der Waals surface area contributed by atoms with Gasteiger partial charge in [0.1, 0.15) is 0 Å². The molecule has 8 heteroatoms. The zero-order valence-electron chi connectivity index (χ0n) is 15.2. The van der Waals surface area contributed by atoms with Gasteiger partial charge in [-0.25, -0.2) is 0 Å². The number of carbonyl (C=O) groups is 1. The van der Waals surface area contributed by atoms with Crippen LogP contribution in [0.4, 0.5) is 13.2 Å². The number of hydrogen-bond acceptors (Lipinski definition) is 3. The fraction of sp³-hybridized carbons (Fsp3) is 0.556. The van der Waals surface area contributed by atoms with Crippen molar-refractivity contribution in [3.8, 4) is 0 Å². The summed E-state index contributed by atoms with van der Waals surface area (Å²) in [5.74, 6) is -0.746. The molecule has 1 aromatic rings. The Morgan fingerprint density at radius 2 is 1.88 bits per heavy atom. The average Bonchev–Trinajstić information content (AvgIpc) is 2.60. The highest BCUT2D eigenvalue weighted by Crippen LogP contribution is 2.29. The summed E-state index contributed by atoms with van der Waals surface area (Å²) in [6.07, 6.45) is -4.71. The van der Waals surface area contributed by atoms with E-state index in [9.17, 15) is 18.0 Å². The van der Waals surface area contributed by atoms with Gasteiger partial charge in [0.05, 0.1) is 11.7 Å². The van der Waals surface area contributed by atoms with Crippen LogP contribution in [0.15, 0.2) is 29.3 Å². The second-order valence-corrected chi connectivity index (χ2v) is 6.37. The topological polar surface area (TPSA) is 45.1 Å². The first-order valence-corrected chi connectivity index (χ1v) is 8.65. The predicted molar refractivity (Wildman–Crippen MR) is 93.1 cm³/mol. The monoisotopic (exact) mass is 371 g/mol. The maximum atomic E-state index is 12.8. The number of likely N-dealkylation sites (N-methyl/N-ethyl adjacent to an activating group) is 1. The predicted octanol–water partition coefficient (Wildman–Crippen LogP) is 3.26. The normalized spacial score (nSPS) is 16.9. The smallest absolute Gasteiger partial charge is 0.416 e. The van der Waals surface area contributed by atoms with E-state index in [1.165, 1.54) is 12.1 Å². The van der Waals surface area contributed by atoms with E-state index in [2.05, 4.69) is 16.8 Å². The molecule has 0 bridgehead atoms. The first kappa shape index (κ1) is 20.2. The molecular formula is C18H24F3N3O2. The van der Waals surface area contributed by atoms with Crippen LogP contribution in [-0.4, -0.2) is 60.6 Å². The standard InChI is InChI=1S/C18H24F3N3O2/c1-4-23-8-10-24(11-9-23)17(26-13(2)3)22-16(25)14-6-5-7-15(12-14)18(19,20)21/h5-7,12-13H,4,8-11H2,1-3H3. The average molecular weight is 371 g/mol. The van der Waals surface area contributed by atoms with E-state index in [-0.39, 0.29) is 17.7 Å². The van der Waals surface area contributed by atoms with Gasteiger partial charge in [0, 0.05) is 31.7 Å². The van der Waals surface area contributed by atoms with Crippen molar-refractivity contribution in [2.75, 3.05) is 32.7 Å². The van der Waals surface area contributed by atoms with E-state index in [4.69, 9.17) is 4.74 Å². The van der Waals surface area contributed by atoms with Crippen molar-refractivity contribution in [3.63, 3.8) is 0 Å². The molecule has 0 spiro atoms. The number of amidine groups is 1. The van der Waals surface area contributed by atoms with E-state index >= 15 is 0 Å². The van der Waals surface area contributed by atoms with Crippen LogP contribution < -0.4 is 0 Å². The third-order valence-corrected chi connectivity index (χ3v) is 4.07. The number of nitrogens with zero attached hydrogens (tertiary/aromatic N) is 3. The molecule has 0 saturated carbocycles. The Morgan fingerprint density at radius 3 is 2.42 bits per heavy atom. The summed E-state index contributed by atoms with van der Waals surface area (Å²) in [4.78, 5) is 20.5. The molecule has 1 saturated heterocycles. The molecular weight excluding hydrogens is 347 g/mol. The highest BCUT2D eigenvalue weighted by molar-refractivity contribution is 6.01. The molecule has 2 rings (SSSR count). The first-order valence-electron chi connectivity index (χ1n) is 8.65. The lowest BCUT2D eigenvalue weighted by molar-refractivity contribution is -0.137. The maximum absolute atomic E-state index is 12.8. The van der Waals surface area contributed by atoms with E-state index in [0.717, 1.165) is 31.8 Å². The second-order valence-electron chi connectivity index (χ2n) is 6.37. The quantitative estimate of drug-likeness (QED) is 0.604. The van der Waals surface area contributed by atoms with Gasteiger partial charge >= 0.3 is 6.18 Å². The maximum Gasteiger partial charge on any atom is 0.416 e. The van der Waals surface area contributed by atoms with Gasteiger partial charge in [-0.15, -0.1) is 0 Å². The van der Waals surface area contributed by atoms with Crippen LogP contribution in [-0.2, 0) is 10.9 Å². The largest absolute Gasteiger partial charge is 0.462 e. The van der Waals surface area contributed by atoms with Gasteiger partial charge < -0.3 is 14.5 Å². The number of hydrogen-bond donors (Lipinski definition) is 0. The Labute approximate surface area is 151 Å². The number of carbonyl (C=O) groups excluding carboxylic acids is 1. The number of halogens is 3. The highest BCUT2D eigenvalue weighted by Gasteiger charge is 2.31. The molecule has 0 aliphatic carbocycles. The lowest BCUT2D eigenvalue weighted by Gasteiger charge is -2.35. The van der Waals surface area contributed by atoms with Crippen molar-refractivity contribution in [1.29, 1.82) is 0 Å². The van der Waals surface area contributed by atoms with E-state index in [0.29, 0.717) is 13.1 Å². The Morgan fingerprint density at radius 1 is 1.23 bits per heavy atom. The number of aliphatic imine (C=N–C) groups is 1. The molecule has 1 fully saturated rings. The number of ether oxygens (including phenoxy) is 1. The van der Waals surface area contributed by atoms with Crippen molar-refractivity contribution in [2.24, 2.45) is 4.99 Å². The molecule has 1 aliphatic rings. The van der Waals surface area contributed by atoms with Crippen molar-refractivity contribution < 1.29 is 22.7 Å². The van der Waals surface area contributed by atoms with Gasteiger partial charge in [-0.2, -0.15) is 18.2 Å². The van der Waals surface area contributed by atoms with Crippen LogP contribution in [0, 0.1) is 0 Å². The second kappa shape index (κ2) is 8.53. The van der Waals surface area contributed by atoms with E-state index in [1.54, 1.807) is 0 Å². The summed E-state index contributed by atoms with van der Waals surface area (Å²) in [5, 5.41) is 0. The van der Waals surface area contributed by atoms with Crippen LogP contribution >= 0.6 is 0 Å². The van der Waals surface area contributed by atoms with Gasteiger partial charge in [0.15, 0.2) is 0 Å².